The number of thioether (sulfide) groups is 1. The molecule has 0 atom stereocenters. The van der Waals surface area contributed by atoms with E-state index in [0.29, 0.717) is 27.8 Å². The van der Waals surface area contributed by atoms with Crippen LogP contribution < -0.4 is 11.0 Å². The zero-order chi connectivity index (χ0) is 22.9. The van der Waals surface area contributed by atoms with E-state index >= 15 is 0 Å². The maximum atomic E-state index is 13.3. The highest BCUT2D eigenvalue weighted by Crippen LogP contribution is 2.26. The molecule has 4 rings (SSSR count). The lowest BCUT2D eigenvalue weighted by molar-refractivity contribution is 0.590. The molecule has 1 N–H and O–H groups in total. The monoisotopic (exact) mass is 445 g/mol. The molecule has 0 bridgehead atoms. The molecular formula is C25H27N5OS. The molecule has 2 aromatic heterocycles. The fourth-order valence-electron chi connectivity index (χ4n) is 3.43. The number of nitrogens with one attached hydrogen (secondary N) is 1. The van der Waals surface area contributed by atoms with E-state index in [2.05, 4.69) is 60.4 Å². The molecule has 7 heteroatoms. The zero-order valence-electron chi connectivity index (χ0n) is 19.0. The van der Waals surface area contributed by atoms with E-state index in [1.807, 2.05) is 38.1 Å². The Kier molecular flexibility index (Phi) is 6.02. The van der Waals surface area contributed by atoms with E-state index in [1.165, 1.54) is 27.6 Å². The Morgan fingerprint density at radius 2 is 1.59 bits per heavy atom. The molecule has 0 amide bonds. The van der Waals surface area contributed by atoms with E-state index in [1.54, 1.807) is 6.07 Å². The van der Waals surface area contributed by atoms with Crippen molar-refractivity contribution in [3.8, 4) is 0 Å². The van der Waals surface area contributed by atoms with Gasteiger partial charge in [-0.1, -0.05) is 68.9 Å². The first kappa shape index (κ1) is 22.0. The van der Waals surface area contributed by atoms with Crippen molar-refractivity contribution in [1.29, 1.82) is 0 Å². The van der Waals surface area contributed by atoms with Gasteiger partial charge in [0.05, 0.1) is 10.9 Å². The number of aromatic nitrogens is 4. The maximum Gasteiger partial charge on any atom is 0.281 e. The normalized spacial score (nSPS) is 11.7. The molecule has 4 aromatic rings. The van der Waals surface area contributed by atoms with E-state index < -0.39 is 0 Å². The molecule has 2 heterocycles. The molecule has 164 valence electrons. The molecule has 32 heavy (non-hydrogen) atoms. The number of nitrogens with zero attached hydrogens (tertiary/aromatic N) is 4. The average Bonchev–Trinajstić information content (AvgIpc) is 2.73. The van der Waals surface area contributed by atoms with Crippen LogP contribution in [-0.2, 0) is 11.2 Å². The summed E-state index contributed by atoms with van der Waals surface area (Å²) >= 11 is 1.50. The molecular weight excluding hydrogens is 418 g/mol. The number of benzene rings is 2. The highest BCUT2D eigenvalue weighted by Gasteiger charge is 2.15. The standard InChI is InChI=1S/C25H27N5OS/c1-16-14-17(2)27-23(26-16)29-30-22(31)20-8-6-7-9-21(20)28-24(30)32-15-18-10-12-19(13-11-18)25(3,4)5/h6-14H,15H2,1-5H3,(H,26,27,29). The SMILES string of the molecule is Cc1cc(C)nc(Nn2c(SCc3ccc(C(C)(C)C)cc3)nc3ccccc3c2=O)n1. The molecule has 0 saturated heterocycles. The number of fused-ring (bicyclic) bond motifs is 1. The molecule has 0 aliphatic carbocycles. The smallest absolute Gasteiger partial charge is 0.267 e. The Balaban J connectivity index is 1.69. The largest absolute Gasteiger partial charge is 0.281 e. The molecule has 0 fully saturated rings. The molecule has 2 aromatic carbocycles. The van der Waals surface area contributed by atoms with Gasteiger partial charge in [-0.2, -0.15) is 4.68 Å². The number of hydrogen-bond donors (Lipinski definition) is 1. The minimum Gasteiger partial charge on any atom is -0.267 e. The number of rotatable bonds is 5. The van der Waals surface area contributed by atoms with E-state index in [9.17, 15) is 4.79 Å². The van der Waals surface area contributed by atoms with Crippen LogP contribution in [0.4, 0.5) is 5.95 Å². The van der Waals surface area contributed by atoms with Gasteiger partial charge in [-0.25, -0.2) is 15.0 Å². The highest BCUT2D eigenvalue weighted by molar-refractivity contribution is 7.98. The van der Waals surface area contributed by atoms with E-state index in [-0.39, 0.29) is 11.0 Å². The van der Waals surface area contributed by atoms with Gasteiger partial charge in [0, 0.05) is 17.1 Å². The summed E-state index contributed by atoms with van der Waals surface area (Å²) in [4.78, 5) is 26.9. The minimum atomic E-state index is -0.177. The predicted molar refractivity (Wildman–Crippen MR) is 131 cm³/mol. The fraction of sp³-hybridized carbons (Fsp3) is 0.280. The Bertz CT molecular complexity index is 1300. The van der Waals surface area contributed by atoms with Crippen molar-refractivity contribution in [2.45, 2.75) is 50.9 Å². The first-order valence-corrected chi connectivity index (χ1v) is 11.5. The molecule has 0 spiro atoms. The first-order valence-electron chi connectivity index (χ1n) is 10.5. The third-order valence-electron chi connectivity index (χ3n) is 5.13. The van der Waals surface area contributed by atoms with Crippen molar-refractivity contribution in [2.75, 3.05) is 5.43 Å². The van der Waals surface area contributed by atoms with Crippen LogP contribution in [-0.4, -0.2) is 19.6 Å². The lowest BCUT2D eigenvalue weighted by Crippen LogP contribution is -2.30. The second kappa shape index (κ2) is 8.74. The number of aryl methyl sites for hydroxylation is 2. The summed E-state index contributed by atoms with van der Waals surface area (Å²) in [7, 11) is 0. The van der Waals surface area contributed by atoms with Crippen molar-refractivity contribution in [3.05, 3.63) is 87.5 Å². The Labute approximate surface area is 192 Å². The van der Waals surface area contributed by atoms with Gasteiger partial charge in [-0.15, -0.1) is 0 Å². The average molecular weight is 446 g/mol. The van der Waals surface area contributed by atoms with Crippen molar-refractivity contribution in [1.82, 2.24) is 19.6 Å². The van der Waals surface area contributed by atoms with Crippen LogP contribution in [0, 0.1) is 13.8 Å². The summed E-state index contributed by atoms with van der Waals surface area (Å²) in [5.41, 5.74) is 7.80. The van der Waals surface area contributed by atoms with Crippen LogP contribution in [0.2, 0.25) is 0 Å². The van der Waals surface area contributed by atoms with Crippen molar-refractivity contribution in [3.63, 3.8) is 0 Å². The fourth-order valence-corrected chi connectivity index (χ4v) is 4.34. The van der Waals surface area contributed by atoms with Crippen molar-refractivity contribution >= 4 is 28.6 Å². The van der Waals surface area contributed by atoms with Crippen LogP contribution in [0.25, 0.3) is 10.9 Å². The molecule has 0 saturated carbocycles. The molecule has 0 unspecified atom stereocenters. The van der Waals surface area contributed by atoms with Gasteiger partial charge in [-0.3, -0.25) is 10.2 Å². The van der Waals surface area contributed by atoms with E-state index in [0.717, 1.165) is 11.4 Å². The van der Waals surface area contributed by atoms with Crippen LogP contribution in [0.1, 0.15) is 43.3 Å². The van der Waals surface area contributed by atoms with Crippen molar-refractivity contribution in [2.24, 2.45) is 0 Å². The van der Waals surface area contributed by atoms with Gasteiger partial charge >= 0.3 is 0 Å². The number of para-hydroxylation sites is 1. The van der Waals surface area contributed by atoms with Gasteiger partial charge in [-0.05, 0) is 48.6 Å². The summed E-state index contributed by atoms with van der Waals surface area (Å²) in [6.07, 6.45) is 0. The summed E-state index contributed by atoms with van der Waals surface area (Å²) < 4.78 is 1.45. The van der Waals surface area contributed by atoms with Gasteiger partial charge < -0.3 is 0 Å². The van der Waals surface area contributed by atoms with Gasteiger partial charge in [0.25, 0.3) is 5.56 Å². The molecule has 6 nitrogen and oxygen atoms in total. The van der Waals surface area contributed by atoms with Gasteiger partial charge in [0.1, 0.15) is 0 Å². The first-order chi connectivity index (χ1) is 15.2. The summed E-state index contributed by atoms with van der Waals surface area (Å²) in [5, 5.41) is 1.11. The van der Waals surface area contributed by atoms with Crippen LogP contribution in [0.15, 0.2) is 64.5 Å². The maximum absolute atomic E-state index is 13.3. The highest BCUT2D eigenvalue weighted by atomic mass is 32.2. The third kappa shape index (κ3) is 4.83. The minimum absolute atomic E-state index is 0.113. The quantitative estimate of drug-likeness (QED) is 0.333. The lowest BCUT2D eigenvalue weighted by atomic mass is 9.87. The Hall–Kier alpha value is -3.19. The van der Waals surface area contributed by atoms with Crippen molar-refractivity contribution < 1.29 is 0 Å². The molecule has 0 aliphatic heterocycles. The second-order valence-electron chi connectivity index (χ2n) is 8.87. The third-order valence-corrected chi connectivity index (χ3v) is 6.14. The Morgan fingerprint density at radius 1 is 0.938 bits per heavy atom. The summed E-state index contributed by atoms with van der Waals surface area (Å²) in [6, 6.07) is 17.9. The predicted octanol–water partition coefficient (Wildman–Crippen LogP) is 5.27. The molecule has 0 radical (unpaired) electrons. The van der Waals surface area contributed by atoms with Crippen LogP contribution in [0.3, 0.4) is 0 Å². The van der Waals surface area contributed by atoms with Crippen LogP contribution in [0.5, 0.6) is 0 Å². The van der Waals surface area contributed by atoms with E-state index in [4.69, 9.17) is 4.98 Å². The number of anilines is 1. The van der Waals surface area contributed by atoms with Gasteiger partial charge in [0.15, 0.2) is 5.16 Å². The Morgan fingerprint density at radius 3 is 2.25 bits per heavy atom. The summed E-state index contributed by atoms with van der Waals surface area (Å²) in [6.45, 7) is 10.4. The summed E-state index contributed by atoms with van der Waals surface area (Å²) in [5.74, 6) is 1.06. The number of hydrogen-bond acceptors (Lipinski definition) is 6. The lowest BCUT2D eigenvalue weighted by Gasteiger charge is -2.19. The van der Waals surface area contributed by atoms with Crippen LogP contribution >= 0.6 is 11.8 Å². The zero-order valence-corrected chi connectivity index (χ0v) is 19.8. The molecule has 0 aliphatic rings. The topological polar surface area (TPSA) is 72.7 Å². The second-order valence-corrected chi connectivity index (χ2v) is 9.82. The van der Waals surface area contributed by atoms with Gasteiger partial charge in [0.2, 0.25) is 5.95 Å².